The van der Waals surface area contributed by atoms with Crippen molar-refractivity contribution in [3.05, 3.63) is 42.0 Å². The molecule has 3 saturated carbocycles. The number of allylic oxidation sites excluding steroid dienone is 1. The largest absolute Gasteiger partial charge is 0.396 e. The topological polar surface area (TPSA) is 74.6 Å². The van der Waals surface area contributed by atoms with Crippen LogP contribution in [0.15, 0.2) is 46.9 Å². The zero-order chi connectivity index (χ0) is 23.9. The second-order valence-corrected chi connectivity index (χ2v) is 14.1. The molecule has 0 spiro atoms. The van der Waals surface area contributed by atoms with E-state index in [-0.39, 0.29) is 12.7 Å². The smallest absolute Gasteiger partial charge is 0.181 e. The predicted octanol–water partition coefficient (Wildman–Crippen LogP) is 5.54. The average Bonchev–Trinajstić information content (AvgIpc) is 3.18. The Balaban J connectivity index is 1.29. The van der Waals surface area contributed by atoms with Crippen LogP contribution in [-0.2, 0) is 9.84 Å². The first kappa shape index (κ1) is 24.5. The third-order valence-corrected chi connectivity index (χ3v) is 12.7. The summed E-state index contributed by atoms with van der Waals surface area (Å²) < 4.78 is 26.6. The van der Waals surface area contributed by atoms with E-state index in [4.69, 9.17) is 0 Å². The summed E-state index contributed by atoms with van der Waals surface area (Å²) in [6, 6.07) is 8.77. The summed E-state index contributed by atoms with van der Waals surface area (Å²) in [4.78, 5) is 0.381. The molecule has 2 N–H and O–H groups in total. The molecule has 3 fully saturated rings. The van der Waals surface area contributed by atoms with Gasteiger partial charge in [-0.1, -0.05) is 36.8 Å². The normalized spacial score (nSPS) is 38.4. The minimum atomic E-state index is -3.43. The first-order chi connectivity index (χ1) is 16.3. The summed E-state index contributed by atoms with van der Waals surface area (Å²) in [6.07, 6.45) is 13.4. The van der Waals surface area contributed by atoms with Gasteiger partial charge in [0, 0.05) is 6.61 Å². The second kappa shape index (κ2) is 9.71. The Labute approximate surface area is 205 Å². The summed E-state index contributed by atoms with van der Waals surface area (Å²) in [6.45, 7) is 2.41. The van der Waals surface area contributed by atoms with Gasteiger partial charge in [0.05, 0.1) is 16.2 Å². The molecule has 0 amide bonds. The molecule has 188 valence electrons. The van der Waals surface area contributed by atoms with Crippen molar-refractivity contribution in [2.75, 3.05) is 6.61 Å². The highest BCUT2D eigenvalue weighted by molar-refractivity contribution is 7.92. The summed E-state index contributed by atoms with van der Waals surface area (Å²) >= 11 is 0. The standard InChI is InChI=1S/C29H42O4S/c1-29-17-15-26-25-13-10-22(31)19-20(25)7-12-27(26)28(29)14-9-21(29)8-11-24(16-18-30)34(32,33)23-5-3-2-4-6-23/h2-7,21-22,24-28,30-31H,8-19H2,1H3/t21-,22?,24?,25?,26?,27?,28?,29?/m0/s1. The van der Waals surface area contributed by atoms with Crippen LogP contribution in [0.1, 0.15) is 77.6 Å². The molecule has 8 atom stereocenters. The quantitative estimate of drug-likeness (QED) is 0.496. The molecule has 0 heterocycles. The lowest BCUT2D eigenvalue weighted by Gasteiger charge is -2.54. The van der Waals surface area contributed by atoms with E-state index in [1.807, 2.05) is 6.07 Å². The maximum Gasteiger partial charge on any atom is 0.181 e. The zero-order valence-electron chi connectivity index (χ0n) is 20.6. The monoisotopic (exact) mass is 486 g/mol. The van der Waals surface area contributed by atoms with E-state index < -0.39 is 15.1 Å². The van der Waals surface area contributed by atoms with E-state index in [0.29, 0.717) is 35.0 Å². The molecule has 0 aromatic heterocycles. The van der Waals surface area contributed by atoms with E-state index in [1.54, 1.807) is 24.3 Å². The SMILES string of the molecule is CC12CCC3C4CCC(O)CC4=CCC3C1CC[C@@H]2CCC(CCO)S(=O)(=O)c1ccccc1. The number of sulfone groups is 1. The van der Waals surface area contributed by atoms with Gasteiger partial charge < -0.3 is 10.2 Å². The van der Waals surface area contributed by atoms with E-state index in [2.05, 4.69) is 13.0 Å². The van der Waals surface area contributed by atoms with Crippen molar-refractivity contribution >= 4 is 9.84 Å². The highest BCUT2D eigenvalue weighted by Crippen LogP contribution is 2.64. The van der Waals surface area contributed by atoms with Crippen molar-refractivity contribution in [2.24, 2.45) is 35.0 Å². The van der Waals surface area contributed by atoms with Crippen molar-refractivity contribution < 1.29 is 18.6 Å². The predicted molar refractivity (Wildman–Crippen MR) is 135 cm³/mol. The lowest BCUT2D eigenvalue weighted by Crippen LogP contribution is -2.46. The molecule has 0 aliphatic heterocycles. The van der Waals surface area contributed by atoms with Crippen LogP contribution in [0, 0.1) is 35.0 Å². The Morgan fingerprint density at radius 2 is 1.82 bits per heavy atom. The van der Waals surface area contributed by atoms with Gasteiger partial charge in [-0.05, 0) is 118 Å². The molecule has 7 unspecified atom stereocenters. The van der Waals surface area contributed by atoms with Crippen molar-refractivity contribution in [1.29, 1.82) is 0 Å². The fourth-order valence-corrected chi connectivity index (χ4v) is 10.4. The van der Waals surface area contributed by atoms with Gasteiger partial charge >= 0.3 is 0 Å². The highest BCUT2D eigenvalue weighted by Gasteiger charge is 2.55. The molecule has 4 aliphatic carbocycles. The Hall–Kier alpha value is -1.17. The van der Waals surface area contributed by atoms with Crippen LogP contribution in [-0.4, -0.2) is 36.6 Å². The minimum Gasteiger partial charge on any atom is -0.396 e. The van der Waals surface area contributed by atoms with Crippen LogP contribution >= 0.6 is 0 Å². The summed E-state index contributed by atoms with van der Waals surface area (Å²) in [5.74, 6) is 3.54. The Morgan fingerprint density at radius 3 is 2.59 bits per heavy atom. The van der Waals surface area contributed by atoms with Crippen molar-refractivity contribution in [1.82, 2.24) is 0 Å². The van der Waals surface area contributed by atoms with E-state index in [0.717, 1.165) is 43.4 Å². The fraction of sp³-hybridized carbons (Fsp3) is 0.724. The molecule has 4 aliphatic rings. The fourth-order valence-electron chi connectivity index (χ4n) is 8.62. The van der Waals surface area contributed by atoms with Gasteiger partial charge in [-0.25, -0.2) is 8.42 Å². The van der Waals surface area contributed by atoms with Crippen LogP contribution in [0.3, 0.4) is 0 Å². The molecule has 5 heteroatoms. The number of hydrogen-bond acceptors (Lipinski definition) is 4. The molecular weight excluding hydrogens is 444 g/mol. The third-order valence-electron chi connectivity index (χ3n) is 10.4. The molecule has 4 nitrogen and oxygen atoms in total. The van der Waals surface area contributed by atoms with Crippen molar-refractivity contribution in [2.45, 2.75) is 93.8 Å². The van der Waals surface area contributed by atoms with E-state index in [1.165, 1.54) is 37.7 Å². The van der Waals surface area contributed by atoms with E-state index in [9.17, 15) is 18.6 Å². The number of hydrogen-bond donors (Lipinski definition) is 2. The molecule has 0 saturated heterocycles. The third kappa shape index (κ3) is 4.30. The summed E-state index contributed by atoms with van der Waals surface area (Å²) in [7, 11) is -3.43. The number of aliphatic hydroxyl groups is 2. The van der Waals surface area contributed by atoms with Gasteiger partial charge in [-0.3, -0.25) is 0 Å². The molecule has 0 bridgehead atoms. The first-order valence-electron chi connectivity index (χ1n) is 13.6. The maximum atomic E-state index is 13.3. The highest BCUT2D eigenvalue weighted by atomic mass is 32.2. The number of aliphatic hydroxyl groups excluding tert-OH is 2. The number of fused-ring (bicyclic) bond motifs is 5. The molecular formula is C29H42O4S. The van der Waals surface area contributed by atoms with Crippen LogP contribution in [0.25, 0.3) is 0 Å². The van der Waals surface area contributed by atoms with Crippen LogP contribution < -0.4 is 0 Å². The Kier molecular flexibility index (Phi) is 7.00. The molecule has 34 heavy (non-hydrogen) atoms. The Morgan fingerprint density at radius 1 is 1.03 bits per heavy atom. The van der Waals surface area contributed by atoms with Crippen LogP contribution in [0.5, 0.6) is 0 Å². The van der Waals surface area contributed by atoms with Gasteiger partial charge in [0.25, 0.3) is 0 Å². The zero-order valence-corrected chi connectivity index (χ0v) is 21.4. The van der Waals surface area contributed by atoms with Crippen molar-refractivity contribution in [3.8, 4) is 0 Å². The van der Waals surface area contributed by atoms with Crippen molar-refractivity contribution in [3.63, 3.8) is 0 Å². The maximum absolute atomic E-state index is 13.3. The van der Waals surface area contributed by atoms with Gasteiger partial charge in [-0.15, -0.1) is 0 Å². The molecule has 5 rings (SSSR count). The van der Waals surface area contributed by atoms with Gasteiger partial charge in [0.1, 0.15) is 0 Å². The van der Waals surface area contributed by atoms with Crippen LogP contribution in [0.4, 0.5) is 0 Å². The number of rotatable bonds is 7. The molecule has 0 radical (unpaired) electrons. The summed E-state index contributed by atoms with van der Waals surface area (Å²) in [5, 5.41) is 19.3. The molecule has 1 aromatic rings. The summed E-state index contributed by atoms with van der Waals surface area (Å²) in [5.41, 5.74) is 1.84. The lowest BCUT2D eigenvalue weighted by molar-refractivity contribution is -0.0200. The lowest BCUT2D eigenvalue weighted by atomic mass is 9.51. The average molecular weight is 487 g/mol. The van der Waals surface area contributed by atoms with Crippen LogP contribution in [0.2, 0.25) is 0 Å². The van der Waals surface area contributed by atoms with Gasteiger partial charge in [-0.2, -0.15) is 0 Å². The van der Waals surface area contributed by atoms with Gasteiger partial charge in [0.15, 0.2) is 9.84 Å². The Bertz CT molecular complexity index is 987. The minimum absolute atomic E-state index is 0.0875. The second-order valence-electron chi connectivity index (χ2n) is 11.9. The number of benzene rings is 1. The molecule has 1 aromatic carbocycles. The first-order valence-corrected chi connectivity index (χ1v) is 15.2. The van der Waals surface area contributed by atoms with Gasteiger partial charge in [0.2, 0.25) is 0 Å². The van der Waals surface area contributed by atoms with E-state index >= 15 is 0 Å².